The van der Waals surface area contributed by atoms with Gasteiger partial charge in [-0.2, -0.15) is 0 Å². The lowest BCUT2D eigenvalue weighted by Crippen LogP contribution is -2.04. The minimum absolute atomic E-state index is 0.213. The number of rotatable bonds is 4. The van der Waals surface area contributed by atoms with Crippen molar-refractivity contribution in [1.29, 1.82) is 0 Å². The Morgan fingerprint density at radius 1 is 1.47 bits per heavy atom. The van der Waals surface area contributed by atoms with E-state index in [1.807, 2.05) is 44.5 Å². The molecule has 90 valence electrons. The lowest BCUT2D eigenvalue weighted by molar-refractivity contribution is 0.102. The Hall–Kier alpha value is -1.00. The second-order valence-corrected chi connectivity index (χ2v) is 6.21. The number of hydrogen-bond donors (Lipinski definition) is 0. The summed E-state index contributed by atoms with van der Waals surface area (Å²) in [6, 6.07) is 6.04. The normalized spacial score (nSPS) is 10.8. The van der Waals surface area contributed by atoms with Crippen molar-refractivity contribution < 1.29 is 4.79 Å². The van der Waals surface area contributed by atoms with Crippen LogP contribution in [0.5, 0.6) is 0 Å². The molecule has 0 atom stereocenters. The Morgan fingerprint density at radius 3 is 2.76 bits per heavy atom. The lowest BCUT2D eigenvalue weighted by atomic mass is 10.2. The van der Waals surface area contributed by atoms with Crippen molar-refractivity contribution in [2.45, 2.75) is 18.1 Å². The molecule has 17 heavy (non-hydrogen) atoms. The number of nitrogens with zero attached hydrogens (tertiary/aromatic N) is 1. The number of Topliss-reactive ketones (excluding diaryl/α,β-unsaturated/α-hetero) is 1. The quantitative estimate of drug-likeness (QED) is 0.621. The lowest BCUT2D eigenvalue weighted by Gasteiger charge is -2.01. The minimum Gasteiger partial charge on any atom is -0.351 e. The van der Waals surface area contributed by atoms with E-state index in [4.69, 9.17) is 0 Å². The zero-order valence-electron chi connectivity index (χ0n) is 10.2. The maximum Gasteiger partial charge on any atom is 0.174 e. The highest BCUT2D eigenvalue weighted by atomic mass is 32.2. The van der Waals surface area contributed by atoms with Crippen LogP contribution >= 0.6 is 23.1 Å². The maximum absolute atomic E-state index is 12.1. The highest BCUT2D eigenvalue weighted by Gasteiger charge is 2.14. The van der Waals surface area contributed by atoms with Gasteiger partial charge in [-0.3, -0.25) is 4.79 Å². The molecule has 0 fully saturated rings. The third-order valence-electron chi connectivity index (χ3n) is 2.92. The molecule has 0 unspecified atom stereocenters. The van der Waals surface area contributed by atoms with Crippen LogP contribution in [0.1, 0.15) is 21.7 Å². The van der Waals surface area contributed by atoms with Crippen LogP contribution in [-0.2, 0) is 7.05 Å². The summed E-state index contributed by atoms with van der Waals surface area (Å²) in [4.78, 5) is 12.1. The van der Waals surface area contributed by atoms with E-state index in [-0.39, 0.29) is 5.78 Å². The Bertz CT molecular complexity index is 526. The van der Waals surface area contributed by atoms with E-state index in [0.29, 0.717) is 5.75 Å². The molecule has 0 aliphatic carbocycles. The van der Waals surface area contributed by atoms with E-state index < -0.39 is 0 Å². The van der Waals surface area contributed by atoms with E-state index in [0.717, 1.165) is 17.0 Å². The SMILES string of the molecule is Cc1cc(C(=O)CSc2cccs2)c(C)n1C. The van der Waals surface area contributed by atoms with Crippen LogP contribution in [0.2, 0.25) is 0 Å². The highest BCUT2D eigenvalue weighted by molar-refractivity contribution is 8.01. The standard InChI is InChI=1S/C13H15NOS2/c1-9-7-11(10(2)14(9)3)12(15)8-17-13-5-4-6-16-13/h4-7H,8H2,1-3H3. The van der Waals surface area contributed by atoms with Gasteiger partial charge in [-0.1, -0.05) is 6.07 Å². The monoisotopic (exact) mass is 265 g/mol. The number of aryl methyl sites for hydroxylation is 1. The van der Waals surface area contributed by atoms with E-state index in [9.17, 15) is 4.79 Å². The van der Waals surface area contributed by atoms with Crippen LogP contribution in [0.4, 0.5) is 0 Å². The molecule has 0 aliphatic rings. The molecule has 0 saturated carbocycles. The number of thioether (sulfide) groups is 1. The summed E-state index contributed by atoms with van der Waals surface area (Å²) in [6.07, 6.45) is 0. The number of carbonyl (C=O) groups is 1. The molecule has 0 aliphatic heterocycles. The Balaban J connectivity index is 2.07. The van der Waals surface area contributed by atoms with Gasteiger partial charge in [0, 0.05) is 24.0 Å². The molecule has 2 aromatic heterocycles. The van der Waals surface area contributed by atoms with Crippen molar-refractivity contribution >= 4 is 28.9 Å². The summed E-state index contributed by atoms with van der Waals surface area (Å²) >= 11 is 3.29. The van der Waals surface area contributed by atoms with Gasteiger partial charge in [0.25, 0.3) is 0 Å². The zero-order chi connectivity index (χ0) is 12.4. The molecule has 0 amide bonds. The number of carbonyl (C=O) groups excluding carboxylic acids is 1. The average Bonchev–Trinajstić information content (AvgIpc) is 2.91. The topological polar surface area (TPSA) is 22.0 Å². The van der Waals surface area contributed by atoms with Crippen molar-refractivity contribution in [3.63, 3.8) is 0 Å². The molecule has 0 aromatic carbocycles. The van der Waals surface area contributed by atoms with Gasteiger partial charge in [-0.25, -0.2) is 0 Å². The molecule has 0 N–H and O–H groups in total. The molecule has 0 saturated heterocycles. The van der Waals surface area contributed by atoms with Crippen LogP contribution in [0.25, 0.3) is 0 Å². The number of aromatic nitrogens is 1. The number of thiophene rings is 1. The molecular formula is C13H15NOS2. The van der Waals surface area contributed by atoms with Gasteiger partial charge in [-0.05, 0) is 31.4 Å². The largest absolute Gasteiger partial charge is 0.351 e. The van der Waals surface area contributed by atoms with Gasteiger partial charge in [0.05, 0.1) is 9.96 Å². The van der Waals surface area contributed by atoms with E-state index in [1.54, 1.807) is 23.1 Å². The Labute approximate surface area is 110 Å². The summed E-state index contributed by atoms with van der Waals surface area (Å²) in [7, 11) is 1.99. The average molecular weight is 265 g/mol. The second kappa shape index (κ2) is 5.10. The first kappa shape index (κ1) is 12.5. The smallest absolute Gasteiger partial charge is 0.174 e. The molecule has 2 heterocycles. The van der Waals surface area contributed by atoms with Crippen molar-refractivity contribution in [1.82, 2.24) is 4.57 Å². The fraction of sp³-hybridized carbons (Fsp3) is 0.308. The van der Waals surface area contributed by atoms with E-state index in [1.165, 1.54) is 4.21 Å². The molecule has 4 heteroatoms. The molecule has 2 nitrogen and oxygen atoms in total. The molecule has 2 rings (SSSR count). The molecule has 0 radical (unpaired) electrons. The third-order valence-corrected chi connectivity index (χ3v) is 5.05. The summed E-state index contributed by atoms with van der Waals surface area (Å²) < 4.78 is 3.26. The minimum atomic E-state index is 0.213. The first-order valence-corrected chi connectivity index (χ1v) is 7.28. The van der Waals surface area contributed by atoms with Crippen LogP contribution in [0.3, 0.4) is 0 Å². The highest BCUT2D eigenvalue weighted by Crippen LogP contribution is 2.25. The van der Waals surface area contributed by atoms with Gasteiger partial charge in [-0.15, -0.1) is 23.1 Å². The van der Waals surface area contributed by atoms with Crippen molar-refractivity contribution in [2.24, 2.45) is 7.05 Å². The van der Waals surface area contributed by atoms with Gasteiger partial charge < -0.3 is 4.57 Å². The summed E-state index contributed by atoms with van der Waals surface area (Å²) in [5.41, 5.74) is 3.04. The van der Waals surface area contributed by atoms with E-state index in [2.05, 4.69) is 4.57 Å². The zero-order valence-corrected chi connectivity index (χ0v) is 11.8. The van der Waals surface area contributed by atoms with Crippen molar-refractivity contribution in [3.05, 3.63) is 40.5 Å². The van der Waals surface area contributed by atoms with Crippen LogP contribution < -0.4 is 0 Å². The van der Waals surface area contributed by atoms with Crippen LogP contribution in [0, 0.1) is 13.8 Å². The van der Waals surface area contributed by atoms with Gasteiger partial charge >= 0.3 is 0 Å². The van der Waals surface area contributed by atoms with Crippen molar-refractivity contribution in [3.8, 4) is 0 Å². The molecule has 2 aromatic rings. The van der Waals surface area contributed by atoms with Gasteiger partial charge in [0.2, 0.25) is 0 Å². The second-order valence-electron chi connectivity index (χ2n) is 3.99. The maximum atomic E-state index is 12.1. The molecule has 0 spiro atoms. The molecule has 0 bridgehead atoms. The molecular weight excluding hydrogens is 250 g/mol. The first-order chi connectivity index (χ1) is 8.09. The number of hydrogen-bond acceptors (Lipinski definition) is 3. The first-order valence-electron chi connectivity index (χ1n) is 5.42. The summed E-state index contributed by atoms with van der Waals surface area (Å²) in [5.74, 6) is 0.731. The Kier molecular flexibility index (Phi) is 3.74. The Morgan fingerprint density at radius 2 is 2.24 bits per heavy atom. The summed E-state index contributed by atoms with van der Waals surface area (Å²) in [5, 5.41) is 2.03. The van der Waals surface area contributed by atoms with Crippen LogP contribution in [-0.4, -0.2) is 16.1 Å². The van der Waals surface area contributed by atoms with Gasteiger partial charge in [0.15, 0.2) is 5.78 Å². The van der Waals surface area contributed by atoms with E-state index >= 15 is 0 Å². The van der Waals surface area contributed by atoms with Crippen LogP contribution in [0.15, 0.2) is 27.8 Å². The predicted octanol–water partition coefficient (Wildman–Crippen LogP) is 3.68. The number of ketones is 1. The fourth-order valence-electron chi connectivity index (χ4n) is 1.70. The predicted molar refractivity (Wildman–Crippen MR) is 74.3 cm³/mol. The van der Waals surface area contributed by atoms with Gasteiger partial charge in [0.1, 0.15) is 0 Å². The summed E-state index contributed by atoms with van der Waals surface area (Å²) in [6.45, 7) is 4.02. The fourth-order valence-corrected chi connectivity index (χ4v) is 3.37. The van der Waals surface area contributed by atoms with Crippen molar-refractivity contribution in [2.75, 3.05) is 5.75 Å². The third kappa shape index (κ3) is 2.64.